The van der Waals surface area contributed by atoms with Crippen molar-refractivity contribution in [2.45, 2.75) is 6.92 Å². The number of aryl methyl sites for hydroxylation is 1. The van der Waals surface area contributed by atoms with E-state index in [4.69, 9.17) is 19.7 Å². The van der Waals surface area contributed by atoms with Crippen LogP contribution in [0.5, 0.6) is 0 Å². The van der Waals surface area contributed by atoms with Gasteiger partial charge in [0.05, 0.1) is 19.7 Å². The van der Waals surface area contributed by atoms with E-state index in [0.717, 1.165) is 89.4 Å². The number of carboxylic acids is 4. The van der Waals surface area contributed by atoms with Gasteiger partial charge in [-0.25, -0.2) is 19.3 Å². The first-order valence-corrected chi connectivity index (χ1v) is 27.7. The van der Waals surface area contributed by atoms with Crippen molar-refractivity contribution in [3.63, 3.8) is 0 Å². The summed E-state index contributed by atoms with van der Waals surface area (Å²) in [4.78, 5) is 58.3. The van der Waals surface area contributed by atoms with E-state index in [0.29, 0.717) is 22.3 Å². The molecule has 432 valence electrons. The van der Waals surface area contributed by atoms with E-state index >= 15 is 0 Å². The minimum atomic E-state index is -1.34. The van der Waals surface area contributed by atoms with Gasteiger partial charge in [0, 0.05) is 17.1 Å². The van der Waals surface area contributed by atoms with Crippen LogP contribution in [0.25, 0.3) is 73.8 Å². The summed E-state index contributed by atoms with van der Waals surface area (Å²) < 4.78 is 0. The van der Waals surface area contributed by atoms with Gasteiger partial charge >= 0.3 is 23.9 Å². The number of aliphatic carboxylic acids is 4. The Hall–Kier alpha value is -13.2. The quantitative estimate of drug-likeness (QED) is 0.0247. The number of benzene rings is 9. The zero-order chi connectivity index (χ0) is 63.7. The van der Waals surface area contributed by atoms with Crippen molar-refractivity contribution in [3.05, 3.63) is 359 Å². The molecule has 0 fully saturated rings. The van der Waals surface area contributed by atoms with Crippen LogP contribution in [0.15, 0.2) is 247 Å². The summed E-state index contributed by atoms with van der Waals surface area (Å²) in [7, 11) is 0. The van der Waals surface area contributed by atoms with Gasteiger partial charge in [0.2, 0.25) is 0 Å². The topological polar surface area (TPSA) is 189 Å². The molecule has 0 unspecified atom stereocenters. The van der Waals surface area contributed by atoms with E-state index in [1.807, 2.05) is 127 Å². The third kappa shape index (κ3) is 15.4. The van der Waals surface area contributed by atoms with Gasteiger partial charge in [-0.05, 0) is 175 Å². The molecule has 0 aromatic heterocycles. The first kappa shape index (κ1) is 61.4. The van der Waals surface area contributed by atoms with Crippen LogP contribution in [0.4, 0.5) is 17.1 Å². The van der Waals surface area contributed by atoms with E-state index in [2.05, 4.69) is 93.1 Å². The van der Waals surface area contributed by atoms with Gasteiger partial charge in [0.1, 0.15) is 11.6 Å². The Labute approximate surface area is 519 Å². The summed E-state index contributed by atoms with van der Waals surface area (Å²) in [5.41, 5.74) is 14.3. The monoisotopic (exact) mass is 1170 g/mol. The van der Waals surface area contributed by atoms with Crippen molar-refractivity contribution in [1.29, 1.82) is 5.26 Å². The van der Waals surface area contributed by atoms with Crippen molar-refractivity contribution in [2.75, 3.05) is 4.90 Å². The molecule has 0 heterocycles. The second kappa shape index (κ2) is 28.6. The fourth-order valence-electron chi connectivity index (χ4n) is 9.70. The van der Waals surface area contributed by atoms with E-state index in [1.54, 1.807) is 54.6 Å². The fraction of sp³-hybridized carbons (Fsp3) is 0.0130. The summed E-state index contributed by atoms with van der Waals surface area (Å²) in [6.07, 6.45) is 11.4. The third-order valence-corrected chi connectivity index (χ3v) is 14.3. The van der Waals surface area contributed by atoms with Crippen LogP contribution in [-0.2, 0) is 19.2 Å². The average molecular weight is 1170 g/mol. The number of hydrogen-bond donors (Lipinski definition) is 4. The molecule has 9 aromatic rings. The summed E-state index contributed by atoms with van der Waals surface area (Å²) in [5.74, 6) is -5.36. The largest absolute Gasteiger partial charge is 0.486 e. The molecular formula is C77H51N5O8. The predicted octanol–water partition coefficient (Wildman–Crippen LogP) is 17.3. The Kier molecular flexibility index (Phi) is 19.5. The Morgan fingerprint density at radius 2 is 0.589 bits per heavy atom. The Morgan fingerprint density at radius 3 is 0.867 bits per heavy atom. The van der Waals surface area contributed by atoms with Crippen LogP contribution in [-0.4, -0.2) is 44.3 Å². The predicted molar refractivity (Wildman–Crippen MR) is 353 cm³/mol. The number of hydrogen-bond acceptors (Lipinski definition) is 6. The molecule has 13 heteroatoms. The summed E-state index contributed by atoms with van der Waals surface area (Å²) in [6.45, 7) is 24.1. The number of nitrogens with zero attached hydrogens (tertiary/aromatic N) is 5. The maximum absolute atomic E-state index is 11.7. The highest BCUT2D eigenvalue weighted by atomic mass is 16.4. The molecule has 0 bridgehead atoms. The number of carbonyl (C=O) groups is 4. The van der Waals surface area contributed by atoms with Gasteiger partial charge < -0.3 is 25.3 Å². The first-order chi connectivity index (χ1) is 43.6. The van der Waals surface area contributed by atoms with Crippen LogP contribution in [0.2, 0.25) is 0 Å². The van der Waals surface area contributed by atoms with Gasteiger partial charge in [0.15, 0.2) is 0 Å². The standard InChI is InChI=1S/C77H51N5O8/c1-50-10-12-52(13-11-50)43-68(58-8-6-5-7-9-58)63-34-40-67(41-35-63)82(65-36-22-53(23-37-65)44-69(59-26-14-51(15-27-59)42-64(49-78)74(83)84)60-28-16-55(17-29-60)46-71(79-2)75(85)86)66-38-24-54(25-39-66)45-70(61-30-18-56(19-31-61)47-72(80-3)76(87)88)62-32-20-57(21-33-62)48-73(81-4)77(89)90/h5-48H,1H3,(H,83,84)(H,85,86)(H,87,88)(H,89,90)/b64-42+,68-43+,69-44+,71-46-,72-47-,73-48-. The zero-order valence-corrected chi connectivity index (χ0v) is 48.1. The summed E-state index contributed by atoms with van der Waals surface area (Å²) in [6, 6.07) is 73.0. The Balaban J connectivity index is 1.15. The third-order valence-electron chi connectivity index (χ3n) is 14.3. The Bertz CT molecular complexity index is 4200. The summed E-state index contributed by atoms with van der Waals surface area (Å²) in [5, 5.41) is 47.5. The van der Waals surface area contributed by atoms with Gasteiger partial charge in [-0.2, -0.15) is 5.26 Å². The number of nitriles is 1. The minimum Gasteiger partial charge on any atom is -0.486 e. The van der Waals surface area contributed by atoms with Crippen molar-refractivity contribution < 1.29 is 39.6 Å². The molecular weight excluding hydrogens is 1120 g/mol. The van der Waals surface area contributed by atoms with Crippen LogP contribution >= 0.6 is 0 Å². The maximum atomic E-state index is 11.7. The van der Waals surface area contributed by atoms with Crippen LogP contribution < -0.4 is 4.90 Å². The smallest absolute Gasteiger partial charge is 0.346 e. The van der Waals surface area contributed by atoms with Gasteiger partial charge in [-0.1, -0.05) is 194 Å². The lowest BCUT2D eigenvalue weighted by Crippen LogP contribution is -2.10. The molecule has 0 aliphatic carbocycles. The highest BCUT2D eigenvalue weighted by Gasteiger charge is 2.17. The fourth-order valence-corrected chi connectivity index (χ4v) is 9.70. The molecule has 0 aliphatic rings. The maximum Gasteiger partial charge on any atom is 0.346 e. The molecule has 0 aliphatic heterocycles. The van der Waals surface area contributed by atoms with Gasteiger partial charge in [-0.15, -0.1) is 0 Å². The van der Waals surface area contributed by atoms with Crippen molar-refractivity contribution >= 4 is 100 Å². The molecule has 4 N–H and O–H groups in total. The van der Waals surface area contributed by atoms with E-state index in [-0.39, 0.29) is 0 Å². The van der Waals surface area contributed by atoms with Crippen LogP contribution in [0, 0.1) is 38.0 Å². The highest BCUT2D eigenvalue weighted by molar-refractivity contribution is 5.99. The summed E-state index contributed by atoms with van der Waals surface area (Å²) >= 11 is 0. The molecule has 9 aromatic carbocycles. The number of carboxylic acid groups (broad SMARTS) is 4. The van der Waals surface area contributed by atoms with Crippen molar-refractivity contribution in [3.8, 4) is 6.07 Å². The normalized spacial score (nSPS) is 11.9. The molecule has 9 rings (SSSR count). The first-order valence-electron chi connectivity index (χ1n) is 27.7. The molecule has 0 radical (unpaired) electrons. The molecule has 0 spiro atoms. The second-order valence-electron chi connectivity index (χ2n) is 20.3. The van der Waals surface area contributed by atoms with Crippen LogP contribution in [0.1, 0.15) is 77.9 Å². The highest BCUT2D eigenvalue weighted by Crippen LogP contribution is 2.38. The van der Waals surface area contributed by atoms with Gasteiger partial charge in [0.25, 0.3) is 17.1 Å². The number of anilines is 3. The minimum absolute atomic E-state index is 0.417. The lowest BCUT2D eigenvalue weighted by atomic mass is 9.93. The molecule has 0 amide bonds. The molecule has 13 nitrogen and oxygen atoms in total. The SMILES string of the molecule is [C-]#[N+]/C(=C\c1ccc(C(=Cc2ccc(N(c3ccc(/C=C(/c4ccc(/C=C(\[N+]#[C-])C(=O)O)cc4)c4ccc(/C=C(\C#N)C(=O)O)cc4)cc3)c3ccc(/C(=C/c4ccc(C)cc4)c4ccccc4)cc3)cc2)c2ccc(/C=C(\[N+]#[C-])C(=O)O)cc2)cc1)C(=O)O. The van der Waals surface area contributed by atoms with Crippen molar-refractivity contribution in [2.24, 2.45) is 0 Å². The molecule has 0 saturated heterocycles. The van der Waals surface area contributed by atoms with E-state index in [9.17, 15) is 44.9 Å². The molecule has 0 saturated carbocycles. The Morgan fingerprint density at radius 1 is 0.344 bits per heavy atom. The lowest BCUT2D eigenvalue weighted by Gasteiger charge is -2.26. The molecule has 0 atom stereocenters. The van der Waals surface area contributed by atoms with Gasteiger partial charge in [-0.3, -0.25) is 14.4 Å². The number of rotatable bonds is 20. The average Bonchev–Trinajstić information content (AvgIpc) is 1.18. The van der Waals surface area contributed by atoms with E-state index < -0.39 is 46.5 Å². The second-order valence-corrected chi connectivity index (χ2v) is 20.3. The zero-order valence-electron chi connectivity index (χ0n) is 48.1. The molecule has 90 heavy (non-hydrogen) atoms. The lowest BCUT2D eigenvalue weighted by molar-refractivity contribution is -0.133. The van der Waals surface area contributed by atoms with Crippen molar-refractivity contribution in [1.82, 2.24) is 0 Å². The van der Waals surface area contributed by atoms with E-state index in [1.165, 1.54) is 24.3 Å². The van der Waals surface area contributed by atoms with Crippen LogP contribution in [0.3, 0.4) is 0 Å².